The fraction of sp³-hybridized carbons (Fsp3) is 0.348. The lowest BCUT2D eigenvalue weighted by atomic mass is 9.95. The second-order valence-corrected chi connectivity index (χ2v) is 8.08. The van der Waals surface area contributed by atoms with E-state index in [1.807, 2.05) is 19.1 Å². The van der Waals surface area contributed by atoms with E-state index in [0.29, 0.717) is 11.6 Å². The van der Waals surface area contributed by atoms with Crippen LogP contribution in [0.1, 0.15) is 47.8 Å². The molecule has 0 unspecified atom stereocenters. The molecule has 0 aliphatic carbocycles. The number of carbonyl (C=O) groups is 1. The average molecular weight is 479 g/mol. The maximum Gasteiger partial charge on any atom is 0.410 e. The lowest BCUT2D eigenvalue weighted by molar-refractivity contribution is -0.173. The normalized spacial score (nSPS) is 17.7. The summed E-state index contributed by atoms with van der Waals surface area (Å²) in [4.78, 5) is 16.0. The van der Waals surface area contributed by atoms with Gasteiger partial charge < -0.3 is 10.6 Å². The van der Waals surface area contributed by atoms with E-state index < -0.39 is 35.8 Å². The number of aromatic nitrogens is 3. The zero-order valence-electron chi connectivity index (χ0n) is 18.2. The van der Waals surface area contributed by atoms with Gasteiger partial charge in [-0.3, -0.25) is 9.78 Å². The van der Waals surface area contributed by atoms with Crippen LogP contribution in [0.25, 0.3) is 0 Å². The molecule has 4 rings (SSSR count). The van der Waals surface area contributed by atoms with Gasteiger partial charge in [0.2, 0.25) is 5.91 Å². The van der Waals surface area contributed by atoms with E-state index in [9.17, 15) is 26.7 Å². The van der Waals surface area contributed by atoms with Crippen molar-refractivity contribution in [3.05, 3.63) is 76.7 Å². The number of carbonyl (C=O) groups excluding carboxylic acids is 1. The summed E-state index contributed by atoms with van der Waals surface area (Å²) in [5, 5.41) is 9.45. The van der Waals surface area contributed by atoms with Crippen LogP contribution in [-0.4, -0.2) is 26.8 Å². The Kier molecular flexibility index (Phi) is 6.54. The van der Waals surface area contributed by atoms with E-state index in [2.05, 4.69) is 20.7 Å². The van der Waals surface area contributed by atoms with Crippen molar-refractivity contribution in [1.82, 2.24) is 20.1 Å². The van der Waals surface area contributed by atoms with Crippen LogP contribution < -0.4 is 10.6 Å². The minimum absolute atomic E-state index is 0.111. The van der Waals surface area contributed by atoms with Crippen molar-refractivity contribution in [2.45, 2.75) is 51.0 Å². The molecule has 0 saturated heterocycles. The molecule has 2 atom stereocenters. The molecule has 0 radical (unpaired) electrons. The summed E-state index contributed by atoms with van der Waals surface area (Å²) in [5.41, 5.74) is 1.89. The quantitative estimate of drug-likeness (QED) is 0.506. The van der Waals surface area contributed by atoms with Crippen molar-refractivity contribution >= 4 is 11.7 Å². The molecule has 1 aliphatic rings. The summed E-state index contributed by atoms with van der Waals surface area (Å²) in [6, 6.07) is 5.52. The Labute approximate surface area is 192 Å². The number of hydrogen-bond acceptors (Lipinski definition) is 4. The second-order valence-electron chi connectivity index (χ2n) is 8.08. The van der Waals surface area contributed by atoms with Gasteiger partial charge in [-0.05, 0) is 17.5 Å². The van der Waals surface area contributed by atoms with Gasteiger partial charge in [-0.1, -0.05) is 31.2 Å². The Hall–Kier alpha value is -3.50. The number of amides is 1. The third-order valence-corrected chi connectivity index (χ3v) is 5.79. The van der Waals surface area contributed by atoms with Crippen molar-refractivity contribution in [2.24, 2.45) is 0 Å². The first-order chi connectivity index (χ1) is 16.2. The monoisotopic (exact) mass is 479 g/mol. The third kappa shape index (κ3) is 5.02. The first-order valence-electron chi connectivity index (χ1n) is 10.7. The molecule has 0 bridgehead atoms. The van der Waals surface area contributed by atoms with Crippen LogP contribution in [0.4, 0.5) is 27.8 Å². The zero-order chi connectivity index (χ0) is 24.5. The summed E-state index contributed by atoms with van der Waals surface area (Å²) in [5.74, 6) is -2.21. The third-order valence-electron chi connectivity index (χ3n) is 5.79. The second kappa shape index (κ2) is 9.40. The number of benzene rings is 1. The maximum atomic E-state index is 13.8. The Morgan fingerprint density at radius 3 is 2.59 bits per heavy atom. The van der Waals surface area contributed by atoms with Crippen LogP contribution in [0.2, 0.25) is 0 Å². The Balaban J connectivity index is 1.53. The van der Waals surface area contributed by atoms with Crippen LogP contribution in [0, 0.1) is 11.6 Å². The molecular formula is C23H22F5N5O. The van der Waals surface area contributed by atoms with Crippen LogP contribution in [-0.2, 0) is 24.2 Å². The van der Waals surface area contributed by atoms with Crippen molar-refractivity contribution in [2.75, 3.05) is 5.32 Å². The lowest BCUT2D eigenvalue weighted by Crippen LogP contribution is -2.36. The highest BCUT2D eigenvalue weighted by molar-refractivity contribution is 5.80. The van der Waals surface area contributed by atoms with Gasteiger partial charge in [0.15, 0.2) is 6.04 Å². The topological polar surface area (TPSA) is 71.8 Å². The number of halogens is 5. The van der Waals surface area contributed by atoms with Gasteiger partial charge in [0.05, 0.1) is 37.1 Å². The number of anilines is 1. The van der Waals surface area contributed by atoms with Crippen molar-refractivity contribution in [3.63, 3.8) is 0 Å². The van der Waals surface area contributed by atoms with Gasteiger partial charge in [0.1, 0.15) is 17.5 Å². The predicted molar refractivity (Wildman–Crippen MR) is 114 cm³/mol. The number of rotatable bonds is 6. The zero-order valence-corrected chi connectivity index (χ0v) is 18.2. The van der Waals surface area contributed by atoms with Gasteiger partial charge in [0.25, 0.3) is 0 Å². The number of hydrogen-bond donors (Lipinski definition) is 2. The highest BCUT2D eigenvalue weighted by atomic mass is 19.4. The SMILES string of the molecule is CCc1ccc([C@H]2C[C@@H](C(F)(F)F)n3ncc(CC(=O)NCc4ncc(F)cc4F)c3N2)cc1. The lowest BCUT2D eigenvalue weighted by Gasteiger charge is -2.34. The van der Waals surface area contributed by atoms with E-state index in [4.69, 9.17) is 0 Å². The Morgan fingerprint density at radius 2 is 1.94 bits per heavy atom. The van der Waals surface area contributed by atoms with E-state index in [1.165, 1.54) is 6.20 Å². The van der Waals surface area contributed by atoms with Gasteiger partial charge in [-0.2, -0.15) is 18.3 Å². The number of pyridine rings is 1. The molecule has 1 aromatic carbocycles. The Morgan fingerprint density at radius 1 is 1.21 bits per heavy atom. The Bertz CT molecular complexity index is 1180. The van der Waals surface area contributed by atoms with Gasteiger partial charge >= 0.3 is 6.18 Å². The maximum absolute atomic E-state index is 13.8. The molecule has 6 nitrogen and oxygen atoms in total. The molecule has 0 spiro atoms. The van der Waals surface area contributed by atoms with Gasteiger partial charge in [-0.15, -0.1) is 0 Å². The molecule has 0 fully saturated rings. The number of nitrogens with zero attached hydrogens (tertiary/aromatic N) is 3. The summed E-state index contributed by atoms with van der Waals surface area (Å²) in [7, 11) is 0. The van der Waals surface area contributed by atoms with Crippen LogP contribution >= 0.6 is 0 Å². The number of alkyl halides is 3. The van der Waals surface area contributed by atoms with Crippen molar-refractivity contribution in [3.8, 4) is 0 Å². The smallest absolute Gasteiger partial charge is 0.363 e. The van der Waals surface area contributed by atoms with Gasteiger partial charge in [-0.25, -0.2) is 13.5 Å². The van der Waals surface area contributed by atoms with E-state index in [1.54, 1.807) is 12.1 Å². The molecule has 1 amide bonds. The van der Waals surface area contributed by atoms with Gasteiger partial charge in [0, 0.05) is 18.1 Å². The fourth-order valence-corrected chi connectivity index (χ4v) is 3.94. The van der Waals surface area contributed by atoms with E-state index in [-0.39, 0.29) is 36.5 Å². The highest BCUT2D eigenvalue weighted by Crippen LogP contribution is 2.44. The summed E-state index contributed by atoms with van der Waals surface area (Å²) < 4.78 is 69.1. The van der Waals surface area contributed by atoms with Crippen molar-refractivity contribution < 1.29 is 26.7 Å². The first kappa shape index (κ1) is 23.7. The fourth-order valence-electron chi connectivity index (χ4n) is 3.94. The predicted octanol–water partition coefficient (Wildman–Crippen LogP) is 4.64. The minimum atomic E-state index is -4.53. The number of aryl methyl sites for hydroxylation is 1. The number of nitrogens with one attached hydrogen (secondary N) is 2. The molecule has 11 heteroatoms. The largest absolute Gasteiger partial charge is 0.410 e. The van der Waals surface area contributed by atoms with Crippen molar-refractivity contribution in [1.29, 1.82) is 0 Å². The number of fused-ring (bicyclic) bond motifs is 1. The minimum Gasteiger partial charge on any atom is -0.363 e. The summed E-state index contributed by atoms with van der Waals surface area (Å²) in [6.07, 6.45) is -2.20. The standard InChI is InChI=1S/C23H22F5N5O/c1-2-13-3-5-14(6-4-13)18-9-20(23(26,27)28)33-22(32-18)15(10-31-33)7-21(34)30-12-19-17(25)8-16(24)11-29-19/h3-6,8,10-11,18,20,32H,2,7,9,12H2,1H3,(H,30,34)/t18-,20+/m1/s1. The molecule has 1 aliphatic heterocycles. The summed E-state index contributed by atoms with van der Waals surface area (Å²) >= 11 is 0. The molecule has 3 aromatic rings. The van der Waals surface area contributed by atoms with Crippen LogP contribution in [0.5, 0.6) is 0 Å². The molecule has 0 saturated carbocycles. The molecule has 180 valence electrons. The summed E-state index contributed by atoms with van der Waals surface area (Å²) in [6.45, 7) is 1.70. The molecule has 34 heavy (non-hydrogen) atoms. The molecular weight excluding hydrogens is 457 g/mol. The highest BCUT2D eigenvalue weighted by Gasteiger charge is 2.47. The van der Waals surface area contributed by atoms with E-state index in [0.717, 1.165) is 22.9 Å². The molecule has 2 aromatic heterocycles. The average Bonchev–Trinajstić information content (AvgIpc) is 3.19. The van der Waals surface area contributed by atoms with Crippen LogP contribution in [0.15, 0.2) is 42.7 Å². The van der Waals surface area contributed by atoms with E-state index >= 15 is 0 Å². The first-order valence-corrected chi connectivity index (χ1v) is 10.7. The molecule has 3 heterocycles. The van der Waals surface area contributed by atoms with Crippen LogP contribution in [0.3, 0.4) is 0 Å². The molecule has 2 N–H and O–H groups in total.